The summed E-state index contributed by atoms with van der Waals surface area (Å²) in [7, 11) is 0. The Labute approximate surface area is 63.6 Å². The summed E-state index contributed by atoms with van der Waals surface area (Å²) in [6.45, 7) is 6.85. The third kappa shape index (κ3) is 1.50. The van der Waals surface area contributed by atoms with Crippen LogP contribution in [0.2, 0.25) is 0 Å². The van der Waals surface area contributed by atoms with Crippen molar-refractivity contribution in [1.29, 1.82) is 0 Å². The number of hydrogen-bond donors (Lipinski definition) is 0. The van der Waals surface area contributed by atoms with E-state index in [4.69, 9.17) is 0 Å². The molecule has 0 saturated carbocycles. The van der Waals surface area contributed by atoms with Gasteiger partial charge < -0.3 is 0 Å². The van der Waals surface area contributed by atoms with Crippen LogP contribution in [0.4, 0.5) is 0 Å². The molecule has 0 saturated heterocycles. The summed E-state index contributed by atoms with van der Waals surface area (Å²) in [5.41, 5.74) is 1.52. The molecule has 0 bridgehead atoms. The van der Waals surface area contributed by atoms with Crippen LogP contribution in [0.15, 0.2) is 23.8 Å². The van der Waals surface area contributed by atoms with E-state index < -0.39 is 0 Å². The Kier molecular flexibility index (Phi) is 2.31. The van der Waals surface area contributed by atoms with Crippen molar-refractivity contribution in [1.82, 2.24) is 0 Å². The lowest BCUT2D eigenvalue weighted by molar-refractivity contribution is 0.448. The molecule has 0 spiro atoms. The molecule has 56 valence electrons. The molecule has 10 heavy (non-hydrogen) atoms. The average Bonchev–Trinajstić information content (AvgIpc) is 2.04. The predicted octanol–water partition coefficient (Wildman–Crippen LogP) is 3.16. The number of allylic oxidation sites excluding steroid dienone is 4. The standard InChI is InChI=1S/C10H16/c1-8-6-4-5-7-9(2)10(8)3/h4-6,9-10H,7H2,1-3H3. The first-order valence-corrected chi connectivity index (χ1v) is 4.05. The molecule has 0 aromatic rings. The SMILES string of the molecule is CC1=CC=CCC(C)C1C. The molecule has 2 atom stereocenters. The fourth-order valence-electron chi connectivity index (χ4n) is 1.32. The minimum absolute atomic E-state index is 0.759. The molecular weight excluding hydrogens is 120 g/mol. The minimum Gasteiger partial charge on any atom is -0.0843 e. The zero-order valence-corrected chi connectivity index (χ0v) is 7.09. The molecule has 0 aliphatic heterocycles. The maximum Gasteiger partial charge on any atom is -0.0203 e. The first-order valence-electron chi connectivity index (χ1n) is 4.05. The highest BCUT2D eigenvalue weighted by Gasteiger charge is 2.13. The Hall–Kier alpha value is -0.520. The molecule has 2 unspecified atom stereocenters. The van der Waals surface area contributed by atoms with Crippen molar-refractivity contribution in [3.8, 4) is 0 Å². The van der Waals surface area contributed by atoms with Gasteiger partial charge in [0, 0.05) is 0 Å². The fourth-order valence-corrected chi connectivity index (χ4v) is 1.32. The first-order chi connectivity index (χ1) is 4.72. The van der Waals surface area contributed by atoms with Crippen LogP contribution in [0.5, 0.6) is 0 Å². The Morgan fingerprint density at radius 3 is 2.80 bits per heavy atom. The molecule has 1 aliphatic rings. The van der Waals surface area contributed by atoms with Crippen LogP contribution < -0.4 is 0 Å². The van der Waals surface area contributed by atoms with Gasteiger partial charge in [-0.3, -0.25) is 0 Å². The zero-order chi connectivity index (χ0) is 7.56. The highest BCUT2D eigenvalue weighted by Crippen LogP contribution is 2.25. The lowest BCUT2D eigenvalue weighted by atomic mass is 9.89. The van der Waals surface area contributed by atoms with E-state index in [0.29, 0.717) is 0 Å². The van der Waals surface area contributed by atoms with Crippen LogP contribution in [0.3, 0.4) is 0 Å². The summed E-state index contributed by atoms with van der Waals surface area (Å²) in [5.74, 6) is 1.57. The van der Waals surface area contributed by atoms with Crippen molar-refractivity contribution in [2.45, 2.75) is 27.2 Å². The molecule has 0 aromatic carbocycles. The normalized spacial score (nSPS) is 33.3. The van der Waals surface area contributed by atoms with Crippen molar-refractivity contribution in [2.24, 2.45) is 11.8 Å². The summed E-state index contributed by atoms with van der Waals surface area (Å²) in [4.78, 5) is 0. The molecule has 1 rings (SSSR count). The third-order valence-electron chi connectivity index (χ3n) is 2.57. The van der Waals surface area contributed by atoms with Crippen LogP contribution in [0.1, 0.15) is 27.2 Å². The highest BCUT2D eigenvalue weighted by atomic mass is 14.2. The average molecular weight is 136 g/mol. The van der Waals surface area contributed by atoms with Crippen molar-refractivity contribution < 1.29 is 0 Å². The van der Waals surface area contributed by atoms with Gasteiger partial charge in [0.15, 0.2) is 0 Å². The zero-order valence-electron chi connectivity index (χ0n) is 7.09. The summed E-state index contributed by atoms with van der Waals surface area (Å²) >= 11 is 0. The van der Waals surface area contributed by atoms with Crippen molar-refractivity contribution >= 4 is 0 Å². The van der Waals surface area contributed by atoms with Crippen LogP contribution >= 0.6 is 0 Å². The topological polar surface area (TPSA) is 0 Å². The Bertz CT molecular complexity index is 163. The van der Waals surface area contributed by atoms with Crippen molar-refractivity contribution in [3.05, 3.63) is 23.8 Å². The first kappa shape index (κ1) is 7.59. The lowest BCUT2D eigenvalue weighted by Gasteiger charge is -2.17. The molecule has 0 heterocycles. The van der Waals surface area contributed by atoms with E-state index in [1.807, 2.05) is 0 Å². The Morgan fingerprint density at radius 1 is 1.40 bits per heavy atom. The van der Waals surface area contributed by atoms with E-state index in [0.717, 1.165) is 11.8 Å². The second-order valence-corrected chi connectivity index (χ2v) is 3.34. The van der Waals surface area contributed by atoms with Gasteiger partial charge >= 0.3 is 0 Å². The molecule has 0 aromatic heterocycles. The third-order valence-corrected chi connectivity index (χ3v) is 2.57. The van der Waals surface area contributed by atoms with Crippen LogP contribution in [0.25, 0.3) is 0 Å². The largest absolute Gasteiger partial charge is 0.0843 e. The number of hydrogen-bond acceptors (Lipinski definition) is 0. The summed E-state index contributed by atoms with van der Waals surface area (Å²) in [5, 5.41) is 0. The maximum atomic E-state index is 2.32. The van der Waals surface area contributed by atoms with E-state index in [9.17, 15) is 0 Å². The van der Waals surface area contributed by atoms with Gasteiger partial charge in [-0.05, 0) is 25.2 Å². The summed E-state index contributed by atoms with van der Waals surface area (Å²) < 4.78 is 0. The molecule has 0 fully saturated rings. The fraction of sp³-hybridized carbons (Fsp3) is 0.600. The van der Waals surface area contributed by atoms with Crippen LogP contribution in [0, 0.1) is 11.8 Å². The molecule has 0 radical (unpaired) electrons. The van der Waals surface area contributed by atoms with Gasteiger partial charge in [-0.25, -0.2) is 0 Å². The smallest absolute Gasteiger partial charge is 0.0203 e. The van der Waals surface area contributed by atoms with E-state index in [1.165, 1.54) is 12.0 Å². The van der Waals surface area contributed by atoms with Gasteiger partial charge in [0.05, 0.1) is 0 Å². The van der Waals surface area contributed by atoms with E-state index in [1.54, 1.807) is 0 Å². The van der Waals surface area contributed by atoms with Gasteiger partial charge in [0.2, 0.25) is 0 Å². The van der Waals surface area contributed by atoms with Crippen molar-refractivity contribution in [3.63, 3.8) is 0 Å². The molecule has 1 aliphatic carbocycles. The van der Waals surface area contributed by atoms with E-state index in [-0.39, 0.29) is 0 Å². The molecule has 0 nitrogen and oxygen atoms in total. The van der Waals surface area contributed by atoms with Gasteiger partial charge in [0.1, 0.15) is 0 Å². The van der Waals surface area contributed by atoms with Crippen molar-refractivity contribution in [2.75, 3.05) is 0 Å². The van der Waals surface area contributed by atoms with Crippen LogP contribution in [-0.4, -0.2) is 0 Å². The second-order valence-electron chi connectivity index (χ2n) is 3.34. The van der Waals surface area contributed by atoms with Gasteiger partial charge in [-0.15, -0.1) is 0 Å². The van der Waals surface area contributed by atoms with Gasteiger partial charge in [-0.1, -0.05) is 37.6 Å². The van der Waals surface area contributed by atoms with E-state index >= 15 is 0 Å². The highest BCUT2D eigenvalue weighted by molar-refractivity contribution is 5.16. The molecule has 0 heteroatoms. The van der Waals surface area contributed by atoms with Crippen LogP contribution in [-0.2, 0) is 0 Å². The van der Waals surface area contributed by atoms with Gasteiger partial charge in [0.25, 0.3) is 0 Å². The van der Waals surface area contributed by atoms with E-state index in [2.05, 4.69) is 39.0 Å². The predicted molar refractivity (Wildman–Crippen MR) is 45.8 cm³/mol. The quantitative estimate of drug-likeness (QED) is 0.480. The number of rotatable bonds is 0. The summed E-state index contributed by atoms with van der Waals surface area (Å²) in [6, 6.07) is 0. The second kappa shape index (κ2) is 3.05. The Balaban J connectivity index is 2.73. The maximum absolute atomic E-state index is 2.32. The molecule has 0 N–H and O–H groups in total. The molecule has 0 amide bonds. The molecular formula is C10H16. The van der Waals surface area contributed by atoms with Gasteiger partial charge in [-0.2, -0.15) is 0 Å². The monoisotopic (exact) mass is 136 g/mol. The Morgan fingerprint density at radius 2 is 2.10 bits per heavy atom. The minimum atomic E-state index is 0.759. The lowest BCUT2D eigenvalue weighted by Crippen LogP contribution is -2.06. The summed E-state index contributed by atoms with van der Waals surface area (Å²) in [6.07, 6.45) is 7.90.